The molecule has 0 fully saturated rings. The molecule has 1 unspecified atom stereocenters. The maximum absolute atomic E-state index is 10.6. The first kappa shape index (κ1) is 8.34. The van der Waals surface area contributed by atoms with Crippen LogP contribution in [-0.2, 0) is 9.59 Å². The van der Waals surface area contributed by atoms with E-state index >= 15 is 0 Å². The van der Waals surface area contributed by atoms with Crippen molar-refractivity contribution < 1.29 is 9.59 Å². The molecule has 1 atom stereocenters. The average molecular weight is 127 g/mol. The van der Waals surface area contributed by atoms with Gasteiger partial charge in [-0.05, 0) is 5.92 Å². The number of Topliss-reactive ketones (excluding diaryl/α,β-unsaturated/α-hetero) is 1. The fraction of sp³-hybridized carbons (Fsp3) is 0.571. The summed E-state index contributed by atoms with van der Waals surface area (Å²) >= 11 is 0. The van der Waals surface area contributed by atoms with Crippen LogP contribution >= 0.6 is 0 Å². The summed E-state index contributed by atoms with van der Waals surface area (Å²) in [4.78, 5) is 20.5. The van der Waals surface area contributed by atoms with Crippen LogP contribution in [0, 0.1) is 11.8 Å². The Bertz CT molecular complexity index is 116. The van der Waals surface area contributed by atoms with Crippen LogP contribution in [0.15, 0.2) is 0 Å². The molecule has 0 heterocycles. The van der Waals surface area contributed by atoms with Crippen molar-refractivity contribution in [2.75, 3.05) is 0 Å². The molecule has 0 bridgehead atoms. The molecule has 2 nitrogen and oxygen atoms in total. The second-order valence-electron chi connectivity index (χ2n) is 2.32. The van der Waals surface area contributed by atoms with Crippen molar-refractivity contribution in [1.29, 1.82) is 0 Å². The van der Waals surface area contributed by atoms with Crippen molar-refractivity contribution >= 4 is 12.1 Å². The number of hydrogen-bond donors (Lipinski definition) is 0. The van der Waals surface area contributed by atoms with E-state index in [0.717, 1.165) is 5.92 Å². The van der Waals surface area contributed by atoms with Crippen molar-refractivity contribution in [3.63, 3.8) is 0 Å². The highest BCUT2D eigenvalue weighted by Gasteiger charge is 2.14. The third kappa shape index (κ3) is 2.40. The van der Waals surface area contributed by atoms with Gasteiger partial charge in [0.2, 0.25) is 0 Å². The maximum atomic E-state index is 10.6. The molecule has 2 heteroatoms. The predicted octanol–water partition coefficient (Wildman–Crippen LogP) is 1.00. The van der Waals surface area contributed by atoms with Crippen LogP contribution in [0.3, 0.4) is 0 Å². The van der Waals surface area contributed by atoms with Crippen LogP contribution in [0.4, 0.5) is 0 Å². The van der Waals surface area contributed by atoms with E-state index in [4.69, 9.17) is 0 Å². The fourth-order valence-electron chi connectivity index (χ4n) is 0.387. The van der Waals surface area contributed by atoms with Gasteiger partial charge in [0.15, 0.2) is 12.1 Å². The summed E-state index contributed by atoms with van der Waals surface area (Å²) in [5.41, 5.74) is 0. The lowest BCUT2D eigenvalue weighted by atomic mass is 9.94. The van der Waals surface area contributed by atoms with E-state index in [9.17, 15) is 9.59 Å². The van der Waals surface area contributed by atoms with Crippen molar-refractivity contribution in [2.45, 2.75) is 20.8 Å². The quantitative estimate of drug-likeness (QED) is 0.418. The Balaban J connectivity index is 3.87. The Morgan fingerprint density at radius 2 is 1.89 bits per heavy atom. The molecule has 0 aromatic rings. The SMILES string of the molecule is C[C](C)C(C)C(=O)C=O. The monoisotopic (exact) mass is 127 g/mol. The van der Waals surface area contributed by atoms with E-state index in [1.807, 2.05) is 13.8 Å². The first-order valence-corrected chi connectivity index (χ1v) is 2.88. The van der Waals surface area contributed by atoms with Gasteiger partial charge in [-0.25, -0.2) is 0 Å². The van der Waals surface area contributed by atoms with E-state index in [1.54, 1.807) is 6.92 Å². The van der Waals surface area contributed by atoms with Crippen molar-refractivity contribution in [3.05, 3.63) is 5.92 Å². The molecule has 0 aliphatic rings. The van der Waals surface area contributed by atoms with E-state index in [-0.39, 0.29) is 11.7 Å². The van der Waals surface area contributed by atoms with Gasteiger partial charge in [0, 0.05) is 5.92 Å². The zero-order valence-corrected chi connectivity index (χ0v) is 5.97. The lowest BCUT2D eigenvalue weighted by molar-refractivity contribution is -0.131. The van der Waals surface area contributed by atoms with Gasteiger partial charge in [-0.2, -0.15) is 0 Å². The zero-order chi connectivity index (χ0) is 7.44. The Morgan fingerprint density at radius 3 is 2.00 bits per heavy atom. The molecule has 0 aliphatic carbocycles. The van der Waals surface area contributed by atoms with Gasteiger partial charge < -0.3 is 0 Å². The van der Waals surface area contributed by atoms with Crippen LogP contribution in [0.1, 0.15) is 20.8 Å². The minimum atomic E-state index is -0.338. The summed E-state index contributed by atoms with van der Waals surface area (Å²) in [6.45, 7) is 5.41. The van der Waals surface area contributed by atoms with Crippen LogP contribution in [-0.4, -0.2) is 12.1 Å². The number of rotatable bonds is 3. The summed E-state index contributed by atoms with van der Waals surface area (Å²) in [5, 5.41) is 0. The smallest absolute Gasteiger partial charge is 0.198 e. The lowest BCUT2D eigenvalue weighted by Crippen LogP contribution is -2.15. The van der Waals surface area contributed by atoms with Gasteiger partial charge in [0.05, 0.1) is 0 Å². The molecule has 51 valence electrons. The molecule has 0 aromatic carbocycles. The third-order valence-electron chi connectivity index (χ3n) is 1.41. The molecule has 1 radical (unpaired) electrons. The number of carbonyl (C=O) groups excluding carboxylic acids is 2. The maximum Gasteiger partial charge on any atom is 0.198 e. The number of hydrogen-bond acceptors (Lipinski definition) is 2. The van der Waals surface area contributed by atoms with E-state index in [0.29, 0.717) is 6.29 Å². The Kier molecular flexibility index (Phi) is 3.13. The first-order chi connectivity index (χ1) is 4.09. The minimum Gasteiger partial charge on any atom is -0.295 e. The third-order valence-corrected chi connectivity index (χ3v) is 1.41. The number of ketones is 1. The molecule has 9 heavy (non-hydrogen) atoms. The second-order valence-corrected chi connectivity index (χ2v) is 2.32. The number of aldehydes is 1. The molecular formula is C7H11O2. The van der Waals surface area contributed by atoms with Gasteiger partial charge in [0.25, 0.3) is 0 Å². The molecule has 0 spiro atoms. The van der Waals surface area contributed by atoms with Gasteiger partial charge in [-0.3, -0.25) is 9.59 Å². The molecule has 0 rings (SSSR count). The van der Waals surface area contributed by atoms with Gasteiger partial charge >= 0.3 is 0 Å². The highest BCUT2D eigenvalue weighted by atomic mass is 16.2. The van der Waals surface area contributed by atoms with E-state index in [1.165, 1.54) is 0 Å². The van der Waals surface area contributed by atoms with Crippen molar-refractivity contribution in [2.24, 2.45) is 5.92 Å². The molecule has 0 saturated carbocycles. The van der Waals surface area contributed by atoms with Crippen molar-refractivity contribution in [3.8, 4) is 0 Å². The Hall–Kier alpha value is -0.660. The molecule has 0 amide bonds. The van der Waals surface area contributed by atoms with Gasteiger partial charge in [-0.1, -0.05) is 20.8 Å². The normalized spacial score (nSPS) is 13.3. The second kappa shape index (κ2) is 3.38. The minimum absolute atomic E-state index is 0.206. The van der Waals surface area contributed by atoms with Gasteiger partial charge in [0.1, 0.15) is 0 Å². The Morgan fingerprint density at radius 1 is 1.44 bits per heavy atom. The summed E-state index contributed by atoms with van der Waals surface area (Å²) in [5.74, 6) is 0.435. The van der Waals surface area contributed by atoms with E-state index < -0.39 is 0 Å². The molecule has 0 aromatic heterocycles. The summed E-state index contributed by atoms with van der Waals surface area (Å²) in [7, 11) is 0. The molecule has 0 N–H and O–H groups in total. The molecule has 0 aliphatic heterocycles. The number of carbonyl (C=O) groups is 2. The van der Waals surface area contributed by atoms with E-state index in [2.05, 4.69) is 0 Å². The van der Waals surface area contributed by atoms with Crippen LogP contribution in [0.2, 0.25) is 0 Å². The summed E-state index contributed by atoms with van der Waals surface area (Å²) < 4.78 is 0. The Labute approximate surface area is 55.3 Å². The average Bonchev–Trinajstić information content (AvgIpc) is 1.84. The first-order valence-electron chi connectivity index (χ1n) is 2.88. The van der Waals surface area contributed by atoms with Crippen LogP contribution in [0.25, 0.3) is 0 Å². The van der Waals surface area contributed by atoms with Crippen molar-refractivity contribution in [1.82, 2.24) is 0 Å². The topological polar surface area (TPSA) is 34.1 Å². The largest absolute Gasteiger partial charge is 0.295 e. The molecule has 0 saturated heterocycles. The lowest BCUT2D eigenvalue weighted by Gasteiger charge is -2.08. The predicted molar refractivity (Wildman–Crippen MR) is 34.8 cm³/mol. The van der Waals surface area contributed by atoms with Crippen LogP contribution in [0.5, 0.6) is 0 Å². The van der Waals surface area contributed by atoms with Gasteiger partial charge in [-0.15, -0.1) is 0 Å². The fourth-order valence-corrected chi connectivity index (χ4v) is 0.387. The molecular weight excluding hydrogens is 116 g/mol. The zero-order valence-electron chi connectivity index (χ0n) is 5.97. The highest BCUT2D eigenvalue weighted by Crippen LogP contribution is 2.11. The summed E-state index contributed by atoms with van der Waals surface area (Å²) in [6.07, 6.45) is 0.373. The van der Waals surface area contributed by atoms with Crippen LogP contribution < -0.4 is 0 Å². The standard InChI is InChI=1S/C7H11O2/c1-5(2)6(3)7(9)4-8/h4,6H,1-3H3. The summed E-state index contributed by atoms with van der Waals surface area (Å²) in [6, 6.07) is 0. The highest BCUT2D eigenvalue weighted by molar-refractivity contribution is 6.26.